The van der Waals surface area contributed by atoms with Crippen molar-refractivity contribution in [2.45, 2.75) is 12.5 Å². The van der Waals surface area contributed by atoms with Crippen LogP contribution in [0.25, 0.3) is 0 Å². The lowest BCUT2D eigenvalue weighted by molar-refractivity contribution is 0.169. The molecular weight excluding hydrogens is 194 g/mol. The molecule has 1 atom stereocenters. The number of aliphatic hydroxyl groups is 1. The zero-order chi connectivity index (χ0) is 11.3. The SMILES string of the molecule is COc1cc(OC)cc(C(O)CCN)c1. The number of rotatable bonds is 5. The van der Waals surface area contributed by atoms with E-state index in [4.69, 9.17) is 15.2 Å². The average molecular weight is 211 g/mol. The summed E-state index contributed by atoms with van der Waals surface area (Å²) in [7, 11) is 3.15. The second kappa shape index (κ2) is 5.58. The molecule has 0 amide bonds. The standard InChI is InChI=1S/C11H17NO3/c1-14-9-5-8(11(13)3-4-12)6-10(7-9)15-2/h5-7,11,13H,3-4,12H2,1-2H3. The van der Waals surface area contributed by atoms with Crippen molar-refractivity contribution in [1.82, 2.24) is 0 Å². The molecule has 0 aromatic heterocycles. The third-order valence-electron chi connectivity index (χ3n) is 2.20. The fourth-order valence-corrected chi connectivity index (χ4v) is 1.35. The highest BCUT2D eigenvalue weighted by Gasteiger charge is 2.09. The van der Waals surface area contributed by atoms with Crippen LogP contribution in [0.2, 0.25) is 0 Å². The maximum atomic E-state index is 9.77. The van der Waals surface area contributed by atoms with Crippen molar-refractivity contribution in [3.8, 4) is 11.5 Å². The Morgan fingerprint density at radius 1 is 1.20 bits per heavy atom. The van der Waals surface area contributed by atoms with Gasteiger partial charge in [0, 0.05) is 6.07 Å². The molecule has 4 nitrogen and oxygen atoms in total. The number of nitrogens with two attached hydrogens (primary N) is 1. The lowest BCUT2D eigenvalue weighted by Crippen LogP contribution is -2.07. The van der Waals surface area contributed by atoms with Gasteiger partial charge in [0.25, 0.3) is 0 Å². The summed E-state index contributed by atoms with van der Waals surface area (Å²) in [5, 5.41) is 9.77. The van der Waals surface area contributed by atoms with Crippen molar-refractivity contribution in [3.63, 3.8) is 0 Å². The summed E-state index contributed by atoms with van der Waals surface area (Å²) in [5.41, 5.74) is 6.15. The Hall–Kier alpha value is -1.26. The fourth-order valence-electron chi connectivity index (χ4n) is 1.35. The molecule has 1 aromatic rings. The minimum atomic E-state index is -0.570. The van der Waals surface area contributed by atoms with Gasteiger partial charge < -0.3 is 20.3 Å². The van der Waals surface area contributed by atoms with Gasteiger partial charge >= 0.3 is 0 Å². The van der Waals surface area contributed by atoms with Gasteiger partial charge in [-0.1, -0.05) is 0 Å². The largest absolute Gasteiger partial charge is 0.497 e. The van der Waals surface area contributed by atoms with Crippen LogP contribution < -0.4 is 15.2 Å². The molecule has 0 radical (unpaired) electrons. The van der Waals surface area contributed by atoms with Crippen LogP contribution in [0, 0.1) is 0 Å². The molecule has 0 bridgehead atoms. The van der Waals surface area contributed by atoms with Crippen LogP contribution in [0.15, 0.2) is 18.2 Å². The molecule has 1 aromatic carbocycles. The number of aliphatic hydroxyl groups excluding tert-OH is 1. The Labute approximate surface area is 89.6 Å². The number of benzene rings is 1. The second-order valence-corrected chi connectivity index (χ2v) is 3.24. The van der Waals surface area contributed by atoms with E-state index in [9.17, 15) is 5.11 Å². The highest BCUT2D eigenvalue weighted by atomic mass is 16.5. The molecule has 1 rings (SSSR count). The van der Waals surface area contributed by atoms with E-state index in [1.54, 1.807) is 32.4 Å². The van der Waals surface area contributed by atoms with Crippen LogP contribution in [-0.4, -0.2) is 25.9 Å². The summed E-state index contributed by atoms with van der Waals surface area (Å²) < 4.78 is 10.2. The highest BCUT2D eigenvalue weighted by Crippen LogP contribution is 2.27. The van der Waals surface area contributed by atoms with Gasteiger partial charge in [0.05, 0.1) is 20.3 Å². The van der Waals surface area contributed by atoms with Gasteiger partial charge in [-0.05, 0) is 30.7 Å². The van der Waals surface area contributed by atoms with E-state index in [-0.39, 0.29) is 0 Å². The Morgan fingerprint density at radius 3 is 2.13 bits per heavy atom. The molecular formula is C11H17NO3. The lowest BCUT2D eigenvalue weighted by atomic mass is 10.1. The maximum Gasteiger partial charge on any atom is 0.122 e. The summed E-state index contributed by atoms with van der Waals surface area (Å²) in [6.45, 7) is 0.445. The van der Waals surface area contributed by atoms with E-state index in [0.29, 0.717) is 24.5 Å². The zero-order valence-electron chi connectivity index (χ0n) is 9.06. The van der Waals surface area contributed by atoms with E-state index >= 15 is 0 Å². The van der Waals surface area contributed by atoms with Crippen LogP contribution in [-0.2, 0) is 0 Å². The van der Waals surface area contributed by atoms with Crippen LogP contribution >= 0.6 is 0 Å². The third-order valence-corrected chi connectivity index (χ3v) is 2.20. The summed E-state index contributed by atoms with van der Waals surface area (Å²) in [4.78, 5) is 0. The van der Waals surface area contributed by atoms with Crippen LogP contribution in [0.1, 0.15) is 18.1 Å². The predicted molar refractivity (Wildman–Crippen MR) is 58.2 cm³/mol. The van der Waals surface area contributed by atoms with Crippen molar-refractivity contribution in [3.05, 3.63) is 23.8 Å². The normalized spacial score (nSPS) is 12.3. The lowest BCUT2D eigenvalue weighted by Gasteiger charge is -2.12. The minimum Gasteiger partial charge on any atom is -0.497 e. The van der Waals surface area contributed by atoms with E-state index in [1.165, 1.54) is 0 Å². The van der Waals surface area contributed by atoms with E-state index in [1.807, 2.05) is 0 Å². The summed E-state index contributed by atoms with van der Waals surface area (Å²) in [6, 6.07) is 5.32. The van der Waals surface area contributed by atoms with E-state index in [2.05, 4.69) is 0 Å². The van der Waals surface area contributed by atoms with E-state index < -0.39 is 6.10 Å². The predicted octanol–water partition coefficient (Wildman–Crippen LogP) is 1.09. The first-order valence-electron chi connectivity index (χ1n) is 4.82. The van der Waals surface area contributed by atoms with Crippen LogP contribution in [0.3, 0.4) is 0 Å². The number of hydrogen-bond acceptors (Lipinski definition) is 4. The molecule has 0 heterocycles. The van der Waals surface area contributed by atoms with Crippen molar-refractivity contribution in [2.75, 3.05) is 20.8 Å². The molecule has 1 unspecified atom stereocenters. The second-order valence-electron chi connectivity index (χ2n) is 3.24. The third kappa shape index (κ3) is 3.11. The Bertz CT molecular complexity index is 292. The molecule has 4 heteroatoms. The topological polar surface area (TPSA) is 64.7 Å². The fraction of sp³-hybridized carbons (Fsp3) is 0.455. The monoisotopic (exact) mass is 211 g/mol. The average Bonchev–Trinajstić information content (AvgIpc) is 2.28. The summed E-state index contributed by atoms with van der Waals surface area (Å²) in [5.74, 6) is 1.33. The molecule has 0 saturated carbocycles. The van der Waals surface area contributed by atoms with Gasteiger partial charge in [-0.3, -0.25) is 0 Å². The van der Waals surface area contributed by atoms with Gasteiger partial charge in [0.1, 0.15) is 11.5 Å². The maximum absolute atomic E-state index is 9.77. The molecule has 15 heavy (non-hydrogen) atoms. The minimum absolute atomic E-state index is 0.445. The molecule has 0 aliphatic heterocycles. The van der Waals surface area contributed by atoms with Gasteiger partial charge in [0.15, 0.2) is 0 Å². The van der Waals surface area contributed by atoms with Crippen molar-refractivity contribution in [2.24, 2.45) is 5.73 Å². The summed E-state index contributed by atoms with van der Waals surface area (Å²) in [6.07, 6.45) is -0.0462. The van der Waals surface area contributed by atoms with Gasteiger partial charge in [0.2, 0.25) is 0 Å². The van der Waals surface area contributed by atoms with Gasteiger partial charge in [-0.25, -0.2) is 0 Å². The number of methoxy groups -OCH3 is 2. The van der Waals surface area contributed by atoms with Crippen molar-refractivity contribution in [1.29, 1.82) is 0 Å². The highest BCUT2D eigenvalue weighted by molar-refractivity contribution is 5.39. The Balaban J connectivity index is 2.95. The first-order valence-corrected chi connectivity index (χ1v) is 4.82. The molecule has 0 saturated heterocycles. The first-order chi connectivity index (χ1) is 7.21. The molecule has 0 spiro atoms. The number of hydrogen-bond donors (Lipinski definition) is 2. The Kier molecular flexibility index (Phi) is 4.39. The van der Waals surface area contributed by atoms with Crippen LogP contribution in [0.5, 0.6) is 11.5 Å². The van der Waals surface area contributed by atoms with Gasteiger partial charge in [-0.15, -0.1) is 0 Å². The Morgan fingerprint density at radius 2 is 1.73 bits per heavy atom. The first kappa shape index (κ1) is 11.8. The van der Waals surface area contributed by atoms with Crippen molar-refractivity contribution < 1.29 is 14.6 Å². The molecule has 0 fully saturated rings. The van der Waals surface area contributed by atoms with E-state index in [0.717, 1.165) is 5.56 Å². The molecule has 0 aliphatic rings. The summed E-state index contributed by atoms with van der Waals surface area (Å²) >= 11 is 0. The zero-order valence-corrected chi connectivity index (χ0v) is 9.06. The molecule has 0 aliphatic carbocycles. The molecule has 3 N–H and O–H groups in total. The van der Waals surface area contributed by atoms with Gasteiger partial charge in [-0.2, -0.15) is 0 Å². The molecule has 84 valence electrons. The smallest absolute Gasteiger partial charge is 0.122 e. The van der Waals surface area contributed by atoms with Crippen molar-refractivity contribution >= 4 is 0 Å². The quantitative estimate of drug-likeness (QED) is 0.765. The van der Waals surface area contributed by atoms with Crippen LogP contribution in [0.4, 0.5) is 0 Å². The number of ether oxygens (including phenoxy) is 2.